The molecular formula is C28H29FNOSi+. The van der Waals surface area contributed by atoms with E-state index in [4.69, 9.17) is 4.42 Å². The van der Waals surface area contributed by atoms with E-state index in [1.807, 2.05) is 6.07 Å². The summed E-state index contributed by atoms with van der Waals surface area (Å²) in [6, 6.07) is 16.6. The minimum absolute atomic E-state index is 0.233. The van der Waals surface area contributed by atoms with Gasteiger partial charge in [0, 0.05) is 33.9 Å². The molecule has 5 aromatic rings. The minimum atomic E-state index is -1.63. The molecule has 0 radical (unpaired) electrons. The zero-order valence-electron chi connectivity index (χ0n) is 19.9. The van der Waals surface area contributed by atoms with E-state index >= 15 is 0 Å². The Bertz CT molecular complexity index is 1560. The Kier molecular flexibility index (Phi) is 4.58. The summed E-state index contributed by atoms with van der Waals surface area (Å²) in [5.41, 5.74) is 7.90. The Hall–Kier alpha value is -2.98. The van der Waals surface area contributed by atoms with Gasteiger partial charge in [-0.15, -0.1) is 0 Å². The summed E-state index contributed by atoms with van der Waals surface area (Å²) in [6.07, 6.45) is 0. The lowest BCUT2D eigenvalue weighted by Crippen LogP contribution is -2.43. The van der Waals surface area contributed by atoms with Gasteiger partial charge in [0.1, 0.15) is 24.0 Å². The van der Waals surface area contributed by atoms with Gasteiger partial charge in [0.25, 0.3) is 0 Å². The second-order valence-electron chi connectivity index (χ2n) is 9.99. The SMILES string of the molecule is Cc1cc2c(oc3c(C)c(F)ccc32)c(-c2cc([Si](C)(C)C)c3ccccc3[n+]2C)c1C. The Labute approximate surface area is 189 Å². The third-order valence-electron chi connectivity index (χ3n) is 6.90. The number of rotatable bonds is 2. The molecule has 2 nitrogen and oxygen atoms in total. The van der Waals surface area contributed by atoms with Crippen molar-refractivity contribution in [1.82, 2.24) is 0 Å². The van der Waals surface area contributed by atoms with Crippen molar-refractivity contribution in [2.75, 3.05) is 0 Å². The highest BCUT2D eigenvalue weighted by Gasteiger charge is 2.29. The number of para-hydroxylation sites is 1. The van der Waals surface area contributed by atoms with E-state index in [-0.39, 0.29) is 5.82 Å². The van der Waals surface area contributed by atoms with Crippen LogP contribution in [0.3, 0.4) is 0 Å². The minimum Gasteiger partial charge on any atom is -0.455 e. The van der Waals surface area contributed by atoms with Gasteiger partial charge in [0.2, 0.25) is 11.2 Å². The standard InChI is InChI=1S/C28H29FNOSi/c1-16-14-21-19-12-13-22(29)18(3)27(19)31-28(21)26(17(16)2)24-15-25(32(5,6)7)20-10-8-9-11-23(20)30(24)4/h8-15H,1-7H3/q+1. The van der Waals surface area contributed by atoms with Gasteiger partial charge in [0.15, 0.2) is 0 Å². The zero-order valence-corrected chi connectivity index (χ0v) is 20.9. The smallest absolute Gasteiger partial charge is 0.216 e. The van der Waals surface area contributed by atoms with Crippen LogP contribution in [0.1, 0.15) is 16.7 Å². The van der Waals surface area contributed by atoms with Crippen LogP contribution in [0, 0.1) is 26.6 Å². The number of pyridine rings is 1. The van der Waals surface area contributed by atoms with Gasteiger partial charge >= 0.3 is 0 Å². The molecule has 162 valence electrons. The lowest BCUT2D eigenvalue weighted by Gasteiger charge is -2.20. The molecule has 0 atom stereocenters. The number of hydrogen-bond donors (Lipinski definition) is 0. The van der Waals surface area contributed by atoms with Crippen molar-refractivity contribution in [2.45, 2.75) is 40.4 Å². The summed E-state index contributed by atoms with van der Waals surface area (Å²) in [4.78, 5) is 0. The maximum atomic E-state index is 14.3. The summed E-state index contributed by atoms with van der Waals surface area (Å²) in [6.45, 7) is 13.3. The van der Waals surface area contributed by atoms with Crippen LogP contribution in [0.2, 0.25) is 19.6 Å². The first-order valence-corrected chi connectivity index (χ1v) is 14.6. The molecule has 3 aromatic carbocycles. The molecule has 0 saturated heterocycles. The molecule has 5 rings (SSSR count). The van der Waals surface area contributed by atoms with Gasteiger partial charge in [-0.05, 0) is 61.4 Å². The van der Waals surface area contributed by atoms with Crippen molar-refractivity contribution < 1.29 is 13.4 Å². The van der Waals surface area contributed by atoms with Crippen LogP contribution in [-0.2, 0) is 7.05 Å². The third kappa shape index (κ3) is 2.93. The van der Waals surface area contributed by atoms with E-state index in [9.17, 15) is 4.39 Å². The van der Waals surface area contributed by atoms with Gasteiger partial charge in [-0.2, -0.15) is 4.57 Å². The number of furan rings is 1. The van der Waals surface area contributed by atoms with Gasteiger partial charge in [-0.25, -0.2) is 4.39 Å². The van der Waals surface area contributed by atoms with Crippen LogP contribution in [0.15, 0.2) is 52.9 Å². The number of halogens is 1. The summed E-state index contributed by atoms with van der Waals surface area (Å²) < 4.78 is 23.0. The van der Waals surface area contributed by atoms with Gasteiger partial charge in [-0.3, -0.25) is 0 Å². The van der Waals surface area contributed by atoms with Crippen molar-refractivity contribution in [1.29, 1.82) is 0 Å². The predicted molar refractivity (Wildman–Crippen MR) is 135 cm³/mol. The first kappa shape index (κ1) is 20.9. The predicted octanol–water partition coefficient (Wildman–Crippen LogP) is 6.84. The molecule has 0 fully saturated rings. The van der Waals surface area contributed by atoms with Crippen LogP contribution >= 0.6 is 0 Å². The van der Waals surface area contributed by atoms with E-state index in [0.29, 0.717) is 11.1 Å². The van der Waals surface area contributed by atoms with Crippen LogP contribution in [0.25, 0.3) is 44.1 Å². The fourth-order valence-corrected chi connectivity index (χ4v) is 6.50. The Morgan fingerprint density at radius 1 is 0.812 bits per heavy atom. The Balaban J connectivity index is 1.99. The summed E-state index contributed by atoms with van der Waals surface area (Å²) in [5.74, 6) is -0.233. The van der Waals surface area contributed by atoms with Gasteiger partial charge < -0.3 is 4.42 Å². The molecule has 0 aliphatic rings. The summed E-state index contributed by atoms with van der Waals surface area (Å²) in [5, 5.41) is 4.77. The van der Waals surface area contributed by atoms with Crippen LogP contribution in [0.4, 0.5) is 4.39 Å². The summed E-state index contributed by atoms with van der Waals surface area (Å²) >= 11 is 0. The number of aryl methyl sites for hydroxylation is 3. The maximum absolute atomic E-state index is 14.3. The molecule has 0 saturated carbocycles. The fraction of sp³-hybridized carbons (Fsp3) is 0.250. The van der Waals surface area contributed by atoms with Crippen molar-refractivity contribution >= 4 is 46.1 Å². The lowest BCUT2D eigenvalue weighted by molar-refractivity contribution is -0.633. The molecule has 2 aromatic heterocycles. The van der Waals surface area contributed by atoms with Crippen molar-refractivity contribution in [3.05, 3.63) is 71.0 Å². The second-order valence-corrected chi connectivity index (χ2v) is 15.0. The van der Waals surface area contributed by atoms with Crippen LogP contribution in [0.5, 0.6) is 0 Å². The van der Waals surface area contributed by atoms with Gasteiger partial charge in [0.05, 0.1) is 13.6 Å². The lowest BCUT2D eigenvalue weighted by atomic mass is 9.95. The normalized spacial score (nSPS) is 12.4. The van der Waals surface area contributed by atoms with Crippen molar-refractivity contribution in [2.24, 2.45) is 7.05 Å². The highest BCUT2D eigenvalue weighted by atomic mass is 28.3. The van der Waals surface area contributed by atoms with Crippen molar-refractivity contribution in [3.63, 3.8) is 0 Å². The van der Waals surface area contributed by atoms with Gasteiger partial charge in [-0.1, -0.05) is 31.8 Å². The molecule has 0 amide bonds. The number of aromatic nitrogens is 1. The molecule has 0 bridgehead atoms. The average molecular weight is 443 g/mol. The Morgan fingerprint density at radius 3 is 2.25 bits per heavy atom. The highest BCUT2D eigenvalue weighted by molar-refractivity contribution is 6.90. The number of nitrogens with zero attached hydrogens (tertiary/aromatic N) is 1. The highest BCUT2D eigenvalue weighted by Crippen LogP contribution is 2.40. The Morgan fingerprint density at radius 2 is 1.53 bits per heavy atom. The van der Waals surface area contributed by atoms with E-state index in [2.05, 4.69) is 81.5 Å². The quantitative estimate of drug-likeness (QED) is 0.216. The second kappa shape index (κ2) is 7.01. The largest absolute Gasteiger partial charge is 0.455 e. The first-order valence-electron chi connectivity index (χ1n) is 11.1. The molecule has 0 aliphatic carbocycles. The van der Waals surface area contributed by atoms with Crippen molar-refractivity contribution in [3.8, 4) is 11.3 Å². The van der Waals surface area contributed by atoms with E-state index in [1.54, 1.807) is 13.0 Å². The van der Waals surface area contributed by atoms with E-state index in [0.717, 1.165) is 27.6 Å². The number of fused-ring (bicyclic) bond motifs is 4. The molecule has 0 spiro atoms. The molecule has 32 heavy (non-hydrogen) atoms. The molecular weight excluding hydrogens is 413 g/mol. The molecule has 4 heteroatoms. The van der Waals surface area contributed by atoms with Crippen LogP contribution < -0.4 is 9.75 Å². The fourth-order valence-electron chi connectivity index (χ4n) is 4.92. The first-order chi connectivity index (χ1) is 15.1. The molecule has 0 unspecified atom stereocenters. The van der Waals surface area contributed by atoms with E-state index < -0.39 is 8.07 Å². The number of hydrogen-bond acceptors (Lipinski definition) is 1. The zero-order chi connectivity index (χ0) is 22.9. The molecule has 0 aliphatic heterocycles. The average Bonchev–Trinajstić information content (AvgIpc) is 3.10. The van der Waals surface area contributed by atoms with E-state index in [1.165, 1.54) is 27.2 Å². The molecule has 0 N–H and O–H groups in total. The van der Waals surface area contributed by atoms with Crippen LogP contribution in [-0.4, -0.2) is 8.07 Å². The maximum Gasteiger partial charge on any atom is 0.216 e. The molecule has 2 heterocycles. The third-order valence-corrected chi connectivity index (χ3v) is 8.92. The summed E-state index contributed by atoms with van der Waals surface area (Å²) in [7, 11) is 0.507. The topological polar surface area (TPSA) is 17.0 Å². The number of benzene rings is 3. The monoisotopic (exact) mass is 442 g/mol.